The highest BCUT2D eigenvalue weighted by Crippen LogP contribution is 2.36. The van der Waals surface area contributed by atoms with Crippen LogP contribution in [0.3, 0.4) is 0 Å². The van der Waals surface area contributed by atoms with Crippen LogP contribution in [0, 0.1) is 5.82 Å². The molecule has 0 bridgehead atoms. The maximum Gasteiger partial charge on any atom is 0.497 e. The van der Waals surface area contributed by atoms with Crippen LogP contribution in [0.1, 0.15) is 33.3 Å². The maximum atomic E-state index is 14.4. The molecule has 0 aromatic heterocycles. The monoisotopic (exact) mass is 362 g/mol. The van der Waals surface area contributed by atoms with Gasteiger partial charge in [-0.3, -0.25) is 9.59 Å². The molecular formula is C18H24BFN2O4. The highest BCUT2D eigenvalue weighted by Gasteiger charge is 2.52. The first-order valence-electron chi connectivity index (χ1n) is 8.66. The van der Waals surface area contributed by atoms with E-state index in [2.05, 4.69) is 0 Å². The van der Waals surface area contributed by atoms with Crippen molar-refractivity contribution in [3.63, 3.8) is 0 Å². The van der Waals surface area contributed by atoms with E-state index in [-0.39, 0.29) is 31.4 Å². The van der Waals surface area contributed by atoms with Crippen LogP contribution in [0.4, 0.5) is 4.39 Å². The molecule has 6 nitrogen and oxygen atoms in total. The number of likely N-dealkylation sites (N-methyl/N-ethyl adjacent to an activating group) is 1. The molecule has 0 spiro atoms. The summed E-state index contributed by atoms with van der Waals surface area (Å²) in [5, 5.41) is 0. The van der Waals surface area contributed by atoms with Crippen molar-refractivity contribution in [2.24, 2.45) is 0 Å². The minimum atomic E-state index is -0.815. The van der Waals surface area contributed by atoms with Crippen LogP contribution >= 0.6 is 0 Å². The Morgan fingerprint density at radius 2 is 1.69 bits per heavy atom. The Balaban J connectivity index is 1.81. The van der Waals surface area contributed by atoms with Gasteiger partial charge in [-0.05, 0) is 39.3 Å². The van der Waals surface area contributed by atoms with E-state index in [9.17, 15) is 14.0 Å². The van der Waals surface area contributed by atoms with Crippen molar-refractivity contribution >= 4 is 24.4 Å². The first-order chi connectivity index (χ1) is 12.0. The smallest absolute Gasteiger partial charge is 0.399 e. The third kappa shape index (κ3) is 3.35. The van der Waals surface area contributed by atoms with Crippen molar-refractivity contribution in [2.75, 3.05) is 20.1 Å². The van der Waals surface area contributed by atoms with Gasteiger partial charge in [-0.25, -0.2) is 4.39 Å². The van der Waals surface area contributed by atoms with Gasteiger partial charge in [-0.15, -0.1) is 0 Å². The second-order valence-electron chi connectivity index (χ2n) is 7.94. The first-order valence-corrected chi connectivity index (χ1v) is 8.66. The molecule has 8 heteroatoms. The molecule has 2 heterocycles. The lowest BCUT2D eigenvalue weighted by Crippen LogP contribution is -2.51. The van der Waals surface area contributed by atoms with Gasteiger partial charge in [0, 0.05) is 19.1 Å². The van der Waals surface area contributed by atoms with Gasteiger partial charge in [0.05, 0.1) is 17.7 Å². The first kappa shape index (κ1) is 18.9. The molecule has 2 saturated heterocycles. The minimum Gasteiger partial charge on any atom is -0.399 e. The molecule has 2 aliphatic heterocycles. The SMILES string of the molecule is CN1CC(=O)N(Cc2ccc(F)c(B3OC(C)(C)C(C)(C)O3)c2)CC1=O. The van der Waals surface area contributed by atoms with E-state index >= 15 is 0 Å². The van der Waals surface area contributed by atoms with Crippen molar-refractivity contribution in [1.29, 1.82) is 0 Å². The van der Waals surface area contributed by atoms with Crippen molar-refractivity contribution in [3.05, 3.63) is 29.6 Å². The van der Waals surface area contributed by atoms with Crippen LogP contribution in [0.2, 0.25) is 0 Å². The number of rotatable bonds is 3. The average Bonchev–Trinajstić information content (AvgIpc) is 2.74. The Morgan fingerprint density at radius 3 is 2.31 bits per heavy atom. The van der Waals surface area contributed by atoms with Gasteiger partial charge in [0.1, 0.15) is 12.4 Å². The molecule has 0 unspecified atom stereocenters. The summed E-state index contributed by atoms with van der Waals surface area (Å²) in [6, 6.07) is 4.60. The minimum absolute atomic E-state index is 0.0263. The summed E-state index contributed by atoms with van der Waals surface area (Å²) in [6.45, 7) is 7.95. The third-order valence-corrected chi connectivity index (χ3v) is 5.42. The molecule has 0 N–H and O–H groups in total. The molecule has 0 radical (unpaired) electrons. The summed E-state index contributed by atoms with van der Waals surface area (Å²) in [4.78, 5) is 26.9. The highest BCUT2D eigenvalue weighted by molar-refractivity contribution is 6.62. The lowest BCUT2D eigenvalue weighted by atomic mass is 9.78. The Hall–Kier alpha value is -1.93. The zero-order valence-corrected chi connectivity index (χ0v) is 15.8. The Bertz CT molecular complexity index is 737. The number of hydrogen-bond donors (Lipinski definition) is 0. The number of carbonyl (C=O) groups excluding carboxylic acids is 2. The Morgan fingerprint density at radius 1 is 1.08 bits per heavy atom. The molecule has 26 heavy (non-hydrogen) atoms. The van der Waals surface area contributed by atoms with Gasteiger partial charge in [-0.2, -0.15) is 0 Å². The van der Waals surface area contributed by atoms with Crippen LogP contribution in [0.25, 0.3) is 0 Å². The maximum absolute atomic E-state index is 14.4. The van der Waals surface area contributed by atoms with E-state index < -0.39 is 24.1 Å². The summed E-state index contributed by atoms with van der Waals surface area (Å²) in [5.74, 6) is -0.667. The van der Waals surface area contributed by atoms with E-state index in [4.69, 9.17) is 9.31 Å². The van der Waals surface area contributed by atoms with Gasteiger partial charge in [0.15, 0.2) is 0 Å². The number of nitrogens with zero attached hydrogens (tertiary/aromatic N) is 2. The average molecular weight is 362 g/mol. The largest absolute Gasteiger partial charge is 0.497 e. The van der Waals surface area contributed by atoms with Crippen molar-refractivity contribution in [1.82, 2.24) is 9.80 Å². The molecule has 0 saturated carbocycles. The van der Waals surface area contributed by atoms with E-state index in [1.807, 2.05) is 27.7 Å². The molecule has 0 aliphatic carbocycles. The van der Waals surface area contributed by atoms with Crippen LogP contribution in [-0.2, 0) is 25.4 Å². The zero-order chi connectivity index (χ0) is 19.3. The normalized spacial score (nSPS) is 22.3. The van der Waals surface area contributed by atoms with Crippen molar-refractivity contribution < 1.29 is 23.3 Å². The van der Waals surface area contributed by atoms with Crippen LogP contribution in [0.5, 0.6) is 0 Å². The molecule has 140 valence electrons. The van der Waals surface area contributed by atoms with E-state index in [0.29, 0.717) is 5.46 Å². The van der Waals surface area contributed by atoms with Crippen LogP contribution in [0.15, 0.2) is 18.2 Å². The van der Waals surface area contributed by atoms with Crippen LogP contribution in [-0.4, -0.2) is 60.1 Å². The fraction of sp³-hybridized carbons (Fsp3) is 0.556. The number of benzene rings is 1. The van der Waals surface area contributed by atoms with E-state index in [0.717, 1.165) is 5.56 Å². The van der Waals surface area contributed by atoms with E-state index in [1.165, 1.54) is 15.9 Å². The van der Waals surface area contributed by atoms with E-state index in [1.54, 1.807) is 19.2 Å². The summed E-state index contributed by atoms with van der Waals surface area (Å²) in [5.41, 5.74) is -0.115. The molecule has 1 aromatic rings. The number of halogens is 1. The number of carbonyl (C=O) groups is 2. The fourth-order valence-corrected chi connectivity index (χ4v) is 2.97. The predicted octanol–water partition coefficient (Wildman–Crippen LogP) is 0.925. The van der Waals surface area contributed by atoms with Gasteiger partial charge in [0.25, 0.3) is 0 Å². The zero-order valence-electron chi connectivity index (χ0n) is 15.8. The second-order valence-corrected chi connectivity index (χ2v) is 7.94. The van der Waals surface area contributed by atoms with Gasteiger partial charge < -0.3 is 19.1 Å². The molecule has 1 aromatic carbocycles. The third-order valence-electron chi connectivity index (χ3n) is 5.42. The van der Waals surface area contributed by atoms with Crippen LogP contribution < -0.4 is 5.46 Å². The quantitative estimate of drug-likeness (QED) is 0.751. The summed E-state index contributed by atoms with van der Waals surface area (Å²) in [6.07, 6.45) is 0. The van der Waals surface area contributed by atoms with Gasteiger partial charge in [0.2, 0.25) is 11.8 Å². The predicted molar refractivity (Wildman–Crippen MR) is 95.2 cm³/mol. The molecular weight excluding hydrogens is 338 g/mol. The Labute approximate surface area is 153 Å². The van der Waals surface area contributed by atoms with Crippen molar-refractivity contribution in [3.8, 4) is 0 Å². The standard InChI is InChI=1S/C18H24BFN2O4/c1-17(2)18(3,4)26-19(25-17)13-8-12(6-7-14(13)20)9-22-11-15(23)21(5)10-16(22)24/h6-8H,9-11H2,1-5H3. The Kier molecular flexibility index (Phi) is 4.61. The number of amides is 2. The number of hydrogen-bond acceptors (Lipinski definition) is 4. The van der Waals surface area contributed by atoms with Gasteiger partial charge >= 0.3 is 7.12 Å². The van der Waals surface area contributed by atoms with Crippen molar-refractivity contribution in [2.45, 2.75) is 45.4 Å². The molecule has 2 aliphatic rings. The molecule has 2 amide bonds. The van der Waals surface area contributed by atoms with Gasteiger partial charge in [-0.1, -0.05) is 12.1 Å². The molecule has 3 rings (SSSR count). The fourth-order valence-electron chi connectivity index (χ4n) is 2.97. The molecule has 0 atom stereocenters. The summed E-state index contributed by atoms with van der Waals surface area (Å²) >= 11 is 0. The molecule has 2 fully saturated rings. The summed E-state index contributed by atoms with van der Waals surface area (Å²) < 4.78 is 26.2. The summed E-state index contributed by atoms with van der Waals surface area (Å²) in [7, 11) is 0.788. The topological polar surface area (TPSA) is 59.1 Å². The lowest BCUT2D eigenvalue weighted by molar-refractivity contribution is -0.149. The highest BCUT2D eigenvalue weighted by atomic mass is 19.1. The second kappa shape index (κ2) is 6.35. The lowest BCUT2D eigenvalue weighted by Gasteiger charge is -2.32. The number of piperazine rings is 1.